The van der Waals surface area contributed by atoms with Crippen molar-refractivity contribution in [3.8, 4) is 0 Å². The van der Waals surface area contributed by atoms with E-state index in [1.807, 2.05) is 0 Å². The molecule has 0 bridgehead atoms. The SMILES string of the molecule is N[C@@H](CCF)c1cc(Br)cc(C(F)(F)F)c1. The zero-order valence-corrected chi connectivity index (χ0v) is 9.78. The highest BCUT2D eigenvalue weighted by atomic mass is 79.9. The maximum absolute atomic E-state index is 12.5. The van der Waals surface area contributed by atoms with Gasteiger partial charge in [0.25, 0.3) is 0 Å². The van der Waals surface area contributed by atoms with Crippen molar-refractivity contribution in [2.45, 2.75) is 18.6 Å². The van der Waals surface area contributed by atoms with Crippen LogP contribution in [0.2, 0.25) is 0 Å². The van der Waals surface area contributed by atoms with Crippen LogP contribution in [0.3, 0.4) is 0 Å². The monoisotopic (exact) mass is 299 g/mol. The molecule has 16 heavy (non-hydrogen) atoms. The van der Waals surface area contributed by atoms with Crippen molar-refractivity contribution in [3.63, 3.8) is 0 Å². The smallest absolute Gasteiger partial charge is 0.324 e. The lowest BCUT2D eigenvalue weighted by molar-refractivity contribution is -0.137. The van der Waals surface area contributed by atoms with Crippen molar-refractivity contribution in [3.05, 3.63) is 33.8 Å². The number of rotatable bonds is 3. The second kappa shape index (κ2) is 5.14. The summed E-state index contributed by atoms with van der Waals surface area (Å²) < 4.78 is 49.7. The fourth-order valence-corrected chi connectivity index (χ4v) is 1.79. The van der Waals surface area contributed by atoms with Gasteiger partial charge in [0.15, 0.2) is 0 Å². The first-order valence-electron chi connectivity index (χ1n) is 4.54. The Morgan fingerprint density at radius 1 is 1.25 bits per heavy atom. The largest absolute Gasteiger partial charge is 0.416 e. The number of nitrogens with two attached hydrogens (primary N) is 1. The molecule has 0 heterocycles. The molecule has 90 valence electrons. The maximum atomic E-state index is 12.5. The summed E-state index contributed by atoms with van der Waals surface area (Å²) in [6, 6.07) is 2.66. The molecule has 2 N–H and O–H groups in total. The summed E-state index contributed by atoms with van der Waals surface area (Å²) in [7, 11) is 0. The Morgan fingerprint density at radius 3 is 2.38 bits per heavy atom. The molecular formula is C10H10BrF4N. The van der Waals surface area contributed by atoms with E-state index in [0.717, 1.165) is 12.1 Å². The molecular weight excluding hydrogens is 290 g/mol. The Kier molecular flexibility index (Phi) is 4.32. The van der Waals surface area contributed by atoms with E-state index in [1.54, 1.807) is 0 Å². The molecule has 0 saturated carbocycles. The van der Waals surface area contributed by atoms with Gasteiger partial charge in [-0.2, -0.15) is 13.2 Å². The number of halogens is 5. The van der Waals surface area contributed by atoms with E-state index in [2.05, 4.69) is 15.9 Å². The summed E-state index contributed by atoms with van der Waals surface area (Å²) in [5.41, 5.74) is 5.05. The zero-order chi connectivity index (χ0) is 12.3. The van der Waals surface area contributed by atoms with Crippen LogP contribution in [0.15, 0.2) is 22.7 Å². The van der Waals surface area contributed by atoms with Gasteiger partial charge in [0, 0.05) is 10.5 Å². The van der Waals surface area contributed by atoms with Crippen molar-refractivity contribution < 1.29 is 17.6 Å². The highest BCUT2D eigenvalue weighted by Gasteiger charge is 2.31. The van der Waals surface area contributed by atoms with Gasteiger partial charge in [0.05, 0.1) is 12.2 Å². The number of hydrogen-bond donors (Lipinski definition) is 1. The number of benzene rings is 1. The van der Waals surface area contributed by atoms with Gasteiger partial charge >= 0.3 is 6.18 Å². The van der Waals surface area contributed by atoms with Crippen LogP contribution in [0.25, 0.3) is 0 Å². The summed E-state index contributed by atoms with van der Waals surface area (Å²) in [5, 5.41) is 0. The Bertz CT molecular complexity index is 364. The quantitative estimate of drug-likeness (QED) is 0.844. The molecule has 1 nitrogen and oxygen atoms in total. The van der Waals surface area contributed by atoms with E-state index in [1.165, 1.54) is 6.07 Å². The topological polar surface area (TPSA) is 26.0 Å². The van der Waals surface area contributed by atoms with Crippen LogP contribution in [0.1, 0.15) is 23.6 Å². The average molecular weight is 300 g/mol. The van der Waals surface area contributed by atoms with Gasteiger partial charge in [-0.05, 0) is 30.2 Å². The molecule has 0 aromatic heterocycles. The van der Waals surface area contributed by atoms with Crippen LogP contribution in [0.5, 0.6) is 0 Å². The predicted molar refractivity (Wildman–Crippen MR) is 56.7 cm³/mol. The van der Waals surface area contributed by atoms with Gasteiger partial charge in [-0.25, -0.2) is 0 Å². The molecule has 0 unspecified atom stereocenters. The normalized spacial score (nSPS) is 13.9. The second-order valence-electron chi connectivity index (χ2n) is 3.36. The summed E-state index contributed by atoms with van der Waals surface area (Å²) in [5.74, 6) is 0. The van der Waals surface area contributed by atoms with Gasteiger partial charge in [0.2, 0.25) is 0 Å². The van der Waals surface area contributed by atoms with Crippen molar-refractivity contribution in [1.29, 1.82) is 0 Å². The minimum atomic E-state index is -4.42. The maximum Gasteiger partial charge on any atom is 0.416 e. The van der Waals surface area contributed by atoms with E-state index in [9.17, 15) is 17.6 Å². The zero-order valence-electron chi connectivity index (χ0n) is 8.19. The van der Waals surface area contributed by atoms with Gasteiger partial charge in [-0.1, -0.05) is 15.9 Å². The third-order valence-electron chi connectivity index (χ3n) is 2.10. The van der Waals surface area contributed by atoms with Crippen LogP contribution < -0.4 is 5.73 Å². The van der Waals surface area contributed by atoms with Crippen LogP contribution in [-0.2, 0) is 6.18 Å². The lowest BCUT2D eigenvalue weighted by atomic mass is 10.0. The molecule has 0 aliphatic rings. The van der Waals surface area contributed by atoms with E-state index in [4.69, 9.17) is 5.73 Å². The molecule has 0 amide bonds. The molecule has 0 aliphatic heterocycles. The summed E-state index contributed by atoms with van der Waals surface area (Å²) >= 11 is 2.98. The molecule has 0 saturated heterocycles. The molecule has 1 rings (SSSR count). The minimum Gasteiger partial charge on any atom is -0.324 e. The third-order valence-corrected chi connectivity index (χ3v) is 2.55. The summed E-state index contributed by atoms with van der Waals surface area (Å²) in [6.45, 7) is -0.658. The van der Waals surface area contributed by atoms with E-state index < -0.39 is 24.5 Å². The van der Waals surface area contributed by atoms with Crippen LogP contribution in [0.4, 0.5) is 17.6 Å². The molecule has 1 aromatic rings. The molecule has 0 radical (unpaired) electrons. The Labute approximate surface area is 98.8 Å². The molecule has 1 aromatic carbocycles. The van der Waals surface area contributed by atoms with Gasteiger partial charge < -0.3 is 5.73 Å². The first-order chi connectivity index (χ1) is 7.34. The fourth-order valence-electron chi connectivity index (χ4n) is 1.27. The van der Waals surface area contributed by atoms with Crippen molar-refractivity contribution >= 4 is 15.9 Å². The van der Waals surface area contributed by atoms with Crippen molar-refractivity contribution in [1.82, 2.24) is 0 Å². The van der Waals surface area contributed by atoms with Crippen LogP contribution >= 0.6 is 15.9 Å². The van der Waals surface area contributed by atoms with E-state index in [0.29, 0.717) is 0 Å². The lowest BCUT2D eigenvalue weighted by Crippen LogP contribution is -2.13. The lowest BCUT2D eigenvalue weighted by Gasteiger charge is -2.14. The number of hydrogen-bond acceptors (Lipinski definition) is 1. The Balaban J connectivity index is 3.08. The van der Waals surface area contributed by atoms with Crippen LogP contribution in [0, 0.1) is 0 Å². The third kappa shape index (κ3) is 3.45. The Hall–Kier alpha value is -0.620. The highest BCUT2D eigenvalue weighted by molar-refractivity contribution is 9.10. The molecule has 0 fully saturated rings. The first kappa shape index (κ1) is 13.4. The number of alkyl halides is 4. The molecule has 0 spiro atoms. The van der Waals surface area contributed by atoms with E-state index in [-0.39, 0.29) is 16.5 Å². The Morgan fingerprint density at radius 2 is 1.88 bits per heavy atom. The molecule has 0 aliphatic carbocycles. The van der Waals surface area contributed by atoms with Crippen molar-refractivity contribution in [2.24, 2.45) is 5.73 Å². The predicted octanol–water partition coefficient (Wildman–Crippen LogP) is 3.83. The highest BCUT2D eigenvalue weighted by Crippen LogP contribution is 2.33. The standard InChI is InChI=1S/C10H10BrF4N/c11-8-4-6(9(16)1-2-12)3-7(5-8)10(13,14)15/h3-5,9H,1-2,16H2/t9-/m0/s1. The van der Waals surface area contributed by atoms with Gasteiger partial charge in [-0.15, -0.1) is 0 Å². The first-order valence-corrected chi connectivity index (χ1v) is 5.33. The van der Waals surface area contributed by atoms with Gasteiger partial charge in [-0.3, -0.25) is 4.39 Å². The van der Waals surface area contributed by atoms with Crippen LogP contribution in [-0.4, -0.2) is 6.67 Å². The van der Waals surface area contributed by atoms with E-state index >= 15 is 0 Å². The second-order valence-corrected chi connectivity index (χ2v) is 4.27. The summed E-state index contributed by atoms with van der Waals surface area (Å²) in [4.78, 5) is 0. The summed E-state index contributed by atoms with van der Waals surface area (Å²) in [6.07, 6.45) is -4.41. The minimum absolute atomic E-state index is 0.00769. The fraction of sp³-hybridized carbons (Fsp3) is 0.400. The van der Waals surface area contributed by atoms with Gasteiger partial charge in [0.1, 0.15) is 0 Å². The molecule has 6 heteroatoms. The molecule has 1 atom stereocenters. The average Bonchev–Trinajstić information content (AvgIpc) is 2.16. The van der Waals surface area contributed by atoms with Crippen molar-refractivity contribution in [2.75, 3.05) is 6.67 Å².